The molecule has 1 heterocycles. The van der Waals surface area contributed by atoms with Gasteiger partial charge < -0.3 is 14.6 Å². The van der Waals surface area contributed by atoms with Crippen molar-refractivity contribution in [1.82, 2.24) is 4.90 Å². The fourth-order valence-corrected chi connectivity index (χ4v) is 4.32. The van der Waals surface area contributed by atoms with Gasteiger partial charge in [-0.05, 0) is 70.0 Å². The minimum absolute atomic E-state index is 0.0495. The van der Waals surface area contributed by atoms with E-state index in [9.17, 15) is 9.90 Å². The highest BCUT2D eigenvalue weighted by atomic mass is 16.5. The number of hydrogen-bond acceptors (Lipinski definition) is 4. The van der Waals surface area contributed by atoms with E-state index in [2.05, 4.69) is 49.1 Å². The number of carboxylic acids is 1. The molecule has 1 unspecified atom stereocenters. The molecule has 1 atom stereocenters. The predicted molar refractivity (Wildman–Crippen MR) is 114 cm³/mol. The largest absolute Gasteiger partial charge is 0.493 e. The number of hydrogen-bond donors (Lipinski definition) is 1. The summed E-state index contributed by atoms with van der Waals surface area (Å²) in [6.45, 7) is 8.27. The second-order valence-electron chi connectivity index (χ2n) is 7.82. The van der Waals surface area contributed by atoms with Crippen molar-refractivity contribution in [2.75, 3.05) is 26.8 Å². The SMILES string of the molecule is CCOc1cc(C(c2cc(C)cc(C)c2)N2CCC(C(=O)O)CC2)ccc1OC. The van der Waals surface area contributed by atoms with Crippen LogP contribution in [0.25, 0.3) is 0 Å². The van der Waals surface area contributed by atoms with E-state index in [0.29, 0.717) is 19.4 Å². The zero-order chi connectivity index (χ0) is 21.0. The monoisotopic (exact) mass is 397 g/mol. The molecule has 5 nitrogen and oxygen atoms in total. The third-order valence-corrected chi connectivity index (χ3v) is 5.61. The molecule has 156 valence electrons. The number of carbonyl (C=O) groups is 1. The number of carboxylic acid groups (broad SMARTS) is 1. The number of ether oxygens (including phenoxy) is 2. The summed E-state index contributed by atoms with van der Waals surface area (Å²) < 4.78 is 11.3. The van der Waals surface area contributed by atoms with Gasteiger partial charge in [0.2, 0.25) is 0 Å². The second-order valence-corrected chi connectivity index (χ2v) is 7.82. The summed E-state index contributed by atoms with van der Waals surface area (Å²) in [5, 5.41) is 9.37. The Morgan fingerprint density at radius 1 is 1.07 bits per heavy atom. The summed E-state index contributed by atoms with van der Waals surface area (Å²) in [7, 11) is 1.65. The minimum atomic E-state index is -0.685. The lowest BCUT2D eigenvalue weighted by Gasteiger charge is -2.37. The topological polar surface area (TPSA) is 59.0 Å². The first kappa shape index (κ1) is 21.2. The van der Waals surface area contributed by atoms with E-state index in [1.807, 2.05) is 13.0 Å². The molecular formula is C24H31NO4. The lowest BCUT2D eigenvalue weighted by atomic mass is 9.90. The predicted octanol–water partition coefficient (Wildman–Crippen LogP) is 4.60. The van der Waals surface area contributed by atoms with Crippen molar-refractivity contribution in [2.24, 2.45) is 5.92 Å². The van der Waals surface area contributed by atoms with Gasteiger partial charge in [0.05, 0.1) is 25.7 Å². The number of nitrogens with zero attached hydrogens (tertiary/aromatic N) is 1. The third-order valence-electron chi connectivity index (χ3n) is 5.61. The smallest absolute Gasteiger partial charge is 0.306 e. The van der Waals surface area contributed by atoms with Gasteiger partial charge in [-0.1, -0.05) is 35.4 Å². The molecule has 0 radical (unpaired) electrons. The van der Waals surface area contributed by atoms with Crippen LogP contribution in [0.15, 0.2) is 36.4 Å². The maximum Gasteiger partial charge on any atom is 0.306 e. The summed E-state index contributed by atoms with van der Waals surface area (Å²) in [6, 6.07) is 12.8. The summed E-state index contributed by atoms with van der Waals surface area (Å²) >= 11 is 0. The van der Waals surface area contributed by atoms with Gasteiger partial charge in [-0.2, -0.15) is 0 Å². The van der Waals surface area contributed by atoms with Gasteiger partial charge in [0.15, 0.2) is 11.5 Å². The molecular weight excluding hydrogens is 366 g/mol. The number of aryl methyl sites for hydroxylation is 2. The highest BCUT2D eigenvalue weighted by Gasteiger charge is 2.30. The Kier molecular flexibility index (Phi) is 6.80. The van der Waals surface area contributed by atoms with Crippen LogP contribution >= 0.6 is 0 Å². The van der Waals surface area contributed by atoms with Crippen LogP contribution < -0.4 is 9.47 Å². The van der Waals surface area contributed by atoms with Crippen LogP contribution in [0.5, 0.6) is 11.5 Å². The fraction of sp³-hybridized carbons (Fsp3) is 0.458. The fourth-order valence-electron chi connectivity index (χ4n) is 4.32. The van der Waals surface area contributed by atoms with Crippen molar-refractivity contribution < 1.29 is 19.4 Å². The summed E-state index contributed by atoms with van der Waals surface area (Å²) in [6.07, 6.45) is 1.34. The number of likely N-dealkylation sites (tertiary alicyclic amines) is 1. The van der Waals surface area contributed by atoms with Gasteiger partial charge >= 0.3 is 5.97 Å². The van der Waals surface area contributed by atoms with E-state index in [1.165, 1.54) is 16.7 Å². The Morgan fingerprint density at radius 3 is 2.28 bits per heavy atom. The lowest BCUT2D eigenvalue weighted by Crippen LogP contribution is -2.39. The normalized spacial score (nSPS) is 16.4. The number of rotatable bonds is 7. The number of benzene rings is 2. The molecule has 0 amide bonds. The summed E-state index contributed by atoms with van der Waals surface area (Å²) in [5.41, 5.74) is 4.81. The number of piperidine rings is 1. The van der Waals surface area contributed by atoms with E-state index in [1.54, 1.807) is 7.11 Å². The first-order valence-electron chi connectivity index (χ1n) is 10.3. The molecule has 0 aliphatic carbocycles. The van der Waals surface area contributed by atoms with Crippen molar-refractivity contribution in [1.29, 1.82) is 0 Å². The second kappa shape index (κ2) is 9.31. The molecule has 0 bridgehead atoms. The molecule has 2 aromatic rings. The Labute approximate surface area is 173 Å². The third kappa shape index (κ3) is 4.91. The van der Waals surface area contributed by atoms with Crippen LogP contribution in [0.3, 0.4) is 0 Å². The van der Waals surface area contributed by atoms with E-state index in [0.717, 1.165) is 30.2 Å². The first-order valence-corrected chi connectivity index (χ1v) is 10.3. The van der Waals surface area contributed by atoms with Crippen molar-refractivity contribution in [3.05, 3.63) is 58.7 Å². The molecule has 1 saturated heterocycles. The van der Waals surface area contributed by atoms with Crippen LogP contribution in [0.1, 0.15) is 48.1 Å². The van der Waals surface area contributed by atoms with Crippen LogP contribution in [0.2, 0.25) is 0 Å². The van der Waals surface area contributed by atoms with Crippen molar-refractivity contribution in [3.63, 3.8) is 0 Å². The average Bonchev–Trinajstić information content (AvgIpc) is 2.68. The Morgan fingerprint density at radius 2 is 1.72 bits per heavy atom. The molecule has 3 rings (SSSR count). The van der Waals surface area contributed by atoms with Gasteiger partial charge in [-0.3, -0.25) is 9.69 Å². The first-order chi connectivity index (χ1) is 13.9. The maximum absolute atomic E-state index is 11.4. The molecule has 5 heteroatoms. The van der Waals surface area contributed by atoms with Crippen molar-refractivity contribution in [2.45, 2.75) is 39.7 Å². The van der Waals surface area contributed by atoms with Crippen LogP contribution in [0, 0.1) is 19.8 Å². The van der Waals surface area contributed by atoms with Gasteiger partial charge in [-0.15, -0.1) is 0 Å². The number of methoxy groups -OCH3 is 1. The van der Waals surface area contributed by atoms with E-state index < -0.39 is 5.97 Å². The van der Waals surface area contributed by atoms with Gasteiger partial charge in [0.1, 0.15) is 0 Å². The molecule has 1 aliphatic heterocycles. The Hall–Kier alpha value is -2.53. The van der Waals surface area contributed by atoms with E-state index in [-0.39, 0.29) is 12.0 Å². The maximum atomic E-state index is 11.4. The molecule has 0 spiro atoms. The summed E-state index contributed by atoms with van der Waals surface area (Å²) in [4.78, 5) is 13.8. The number of aliphatic carboxylic acids is 1. The van der Waals surface area contributed by atoms with Crippen LogP contribution in [-0.4, -0.2) is 42.8 Å². The standard InChI is InChI=1S/C24H31NO4/c1-5-29-22-15-19(6-7-21(22)28-4)23(20-13-16(2)12-17(3)14-20)25-10-8-18(9-11-25)24(26)27/h6-7,12-15,18,23H,5,8-11H2,1-4H3,(H,26,27). The van der Waals surface area contributed by atoms with Gasteiger partial charge in [-0.25, -0.2) is 0 Å². The highest BCUT2D eigenvalue weighted by molar-refractivity contribution is 5.70. The van der Waals surface area contributed by atoms with E-state index in [4.69, 9.17) is 9.47 Å². The van der Waals surface area contributed by atoms with Crippen LogP contribution in [0.4, 0.5) is 0 Å². The van der Waals surface area contributed by atoms with Crippen molar-refractivity contribution >= 4 is 5.97 Å². The quantitative estimate of drug-likeness (QED) is 0.740. The molecule has 1 N–H and O–H groups in total. The Bertz CT molecular complexity index is 836. The zero-order valence-corrected chi connectivity index (χ0v) is 17.8. The Balaban J connectivity index is 2.01. The molecule has 1 fully saturated rings. The molecule has 29 heavy (non-hydrogen) atoms. The van der Waals surface area contributed by atoms with Gasteiger partial charge in [0.25, 0.3) is 0 Å². The highest BCUT2D eigenvalue weighted by Crippen LogP contribution is 2.37. The average molecular weight is 398 g/mol. The molecule has 1 aliphatic rings. The molecule has 2 aromatic carbocycles. The summed E-state index contributed by atoms with van der Waals surface area (Å²) in [5.74, 6) is 0.526. The minimum Gasteiger partial charge on any atom is -0.493 e. The van der Waals surface area contributed by atoms with Gasteiger partial charge in [0, 0.05) is 0 Å². The lowest BCUT2D eigenvalue weighted by molar-refractivity contribution is -0.143. The zero-order valence-electron chi connectivity index (χ0n) is 17.8. The molecule has 0 aromatic heterocycles. The van der Waals surface area contributed by atoms with Crippen molar-refractivity contribution in [3.8, 4) is 11.5 Å². The molecule has 0 saturated carbocycles. The van der Waals surface area contributed by atoms with Crippen LogP contribution in [-0.2, 0) is 4.79 Å². The van der Waals surface area contributed by atoms with E-state index >= 15 is 0 Å².